The van der Waals surface area contributed by atoms with Crippen molar-refractivity contribution in [1.29, 1.82) is 0 Å². The number of alkyl halides is 3. The van der Waals surface area contributed by atoms with Crippen LogP contribution in [0.25, 0.3) is 0 Å². The van der Waals surface area contributed by atoms with E-state index in [1.54, 1.807) is 6.07 Å². The Kier molecular flexibility index (Phi) is 4.66. The molecular formula is C15H22F3N3. The summed E-state index contributed by atoms with van der Waals surface area (Å²) in [6.07, 6.45) is -2.72. The molecule has 1 fully saturated rings. The average molecular weight is 301 g/mol. The van der Waals surface area contributed by atoms with Gasteiger partial charge in [-0.15, -0.1) is 0 Å². The minimum atomic E-state index is -4.39. The van der Waals surface area contributed by atoms with E-state index in [0.29, 0.717) is 6.54 Å². The monoisotopic (exact) mass is 301 g/mol. The van der Waals surface area contributed by atoms with Crippen molar-refractivity contribution in [3.63, 3.8) is 0 Å². The number of nitrogens with two attached hydrogens (primary N) is 1. The molecule has 0 saturated carbocycles. The van der Waals surface area contributed by atoms with Crippen molar-refractivity contribution in [2.75, 3.05) is 37.3 Å². The molecule has 1 aliphatic heterocycles. The van der Waals surface area contributed by atoms with Gasteiger partial charge >= 0.3 is 6.18 Å². The SMILES string of the molecule is CCC1CN(C)CCCN1c1ccc(N)cc1C(F)(F)F. The predicted octanol–water partition coefficient (Wildman–Crippen LogP) is 3.21. The van der Waals surface area contributed by atoms with Crippen LogP contribution in [-0.2, 0) is 6.18 Å². The first kappa shape index (κ1) is 15.9. The number of halogens is 3. The molecule has 1 aromatic rings. The second-order valence-corrected chi connectivity index (χ2v) is 5.65. The zero-order chi connectivity index (χ0) is 15.6. The summed E-state index contributed by atoms with van der Waals surface area (Å²) in [6, 6.07) is 4.18. The first-order valence-electron chi connectivity index (χ1n) is 7.24. The highest BCUT2D eigenvalue weighted by Crippen LogP contribution is 2.39. The molecule has 2 N–H and O–H groups in total. The number of nitrogens with zero attached hydrogens (tertiary/aromatic N) is 2. The summed E-state index contributed by atoms with van der Waals surface area (Å²) in [5.41, 5.74) is 5.31. The van der Waals surface area contributed by atoms with E-state index >= 15 is 0 Å². The molecule has 1 unspecified atom stereocenters. The van der Waals surface area contributed by atoms with Crippen LogP contribution in [0, 0.1) is 0 Å². The molecule has 1 aliphatic rings. The zero-order valence-electron chi connectivity index (χ0n) is 12.5. The molecule has 6 heteroatoms. The highest BCUT2D eigenvalue weighted by molar-refractivity contribution is 5.61. The van der Waals surface area contributed by atoms with E-state index in [-0.39, 0.29) is 17.4 Å². The Morgan fingerprint density at radius 2 is 2.00 bits per heavy atom. The van der Waals surface area contributed by atoms with Crippen LogP contribution in [0.5, 0.6) is 0 Å². The molecule has 1 heterocycles. The van der Waals surface area contributed by atoms with Gasteiger partial charge in [0.1, 0.15) is 0 Å². The van der Waals surface area contributed by atoms with Crippen LogP contribution >= 0.6 is 0 Å². The summed E-state index contributed by atoms with van der Waals surface area (Å²) < 4.78 is 39.9. The number of anilines is 2. The maximum Gasteiger partial charge on any atom is 0.418 e. The van der Waals surface area contributed by atoms with Gasteiger partial charge in [0.15, 0.2) is 0 Å². The minimum absolute atomic E-state index is 0.0854. The Balaban J connectivity index is 2.43. The van der Waals surface area contributed by atoms with Crippen molar-refractivity contribution < 1.29 is 13.2 Å². The molecule has 1 aromatic carbocycles. The van der Waals surface area contributed by atoms with Crippen LogP contribution < -0.4 is 10.6 Å². The fourth-order valence-corrected chi connectivity index (χ4v) is 2.94. The summed E-state index contributed by atoms with van der Waals surface area (Å²) in [6.45, 7) is 4.33. The van der Waals surface area contributed by atoms with Gasteiger partial charge in [-0.25, -0.2) is 0 Å². The molecule has 1 saturated heterocycles. The van der Waals surface area contributed by atoms with Gasteiger partial charge in [0.05, 0.1) is 5.56 Å². The lowest BCUT2D eigenvalue weighted by atomic mass is 10.1. The van der Waals surface area contributed by atoms with Gasteiger partial charge in [0.2, 0.25) is 0 Å². The quantitative estimate of drug-likeness (QED) is 0.851. The van der Waals surface area contributed by atoms with Crippen molar-refractivity contribution in [3.8, 4) is 0 Å². The van der Waals surface area contributed by atoms with Gasteiger partial charge in [-0.05, 0) is 44.6 Å². The molecule has 0 radical (unpaired) electrons. The normalized spacial score (nSPS) is 21.4. The van der Waals surface area contributed by atoms with Crippen LogP contribution in [0.3, 0.4) is 0 Å². The lowest BCUT2D eigenvalue weighted by Crippen LogP contribution is -2.40. The van der Waals surface area contributed by atoms with Crippen LogP contribution in [0.1, 0.15) is 25.3 Å². The number of hydrogen-bond donors (Lipinski definition) is 1. The van der Waals surface area contributed by atoms with E-state index in [4.69, 9.17) is 5.73 Å². The van der Waals surface area contributed by atoms with Gasteiger partial charge in [-0.1, -0.05) is 6.92 Å². The van der Waals surface area contributed by atoms with E-state index in [9.17, 15) is 13.2 Å². The Bertz CT molecular complexity index is 488. The van der Waals surface area contributed by atoms with Gasteiger partial charge in [0, 0.05) is 30.5 Å². The van der Waals surface area contributed by atoms with Crippen LogP contribution in [0.2, 0.25) is 0 Å². The van der Waals surface area contributed by atoms with Crippen molar-refractivity contribution in [2.45, 2.75) is 32.0 Å². The van der Waals surface area contributed by atoms with Crippen molar-refractivity contribution in [3.05, 3.63) is 23.8 Å². The maximum absolute atomic E-state index is 13.3. The van der Waals surface area contributed by atoms with E-state index in [1.807, 2.05) is 18.9 Å². The van der Waals surface area contributed by atoms with Crippen LogP contribution in [0.15, 0.2) is 18.2 Å². The fraction of sp³-hybridized carbons (Fsp3) is 0.600. The largest absolute Gasteiger partial charge is 0.418 e. The molecule has 0 spiro atoms. The molecule has 21 heavy (non-hydrogen) atoms. The molecule has 1 atom stereocenters. The minimum Gasteiger partial charge on any atom is -0.399 e. The molecule has 0 bridgehead atoms. The number of benzene rings is 1. The summed E-state index contributed by atoms with van der Waals surface area (Å²) in [4.78, 5) is 4.07. The Hall–Kier alpha value is -1.43. The third-order valence-electron chi connectivity index (χ3n) is 4.01. The first-order chi connectivity index (χ1) is 9.82. The van der Waals surface area contributed by atoms with Crippen LogP contribution in [0.4, 0.5) is 24.5 Å². The highest BCUT2D eigenvalue weighted by atomic mass is 19.4. The molecule has 2 rings (SSSR count). The second-order valence-electron chi connectivity index (χ2n) is 5.65. The summed E-state index contributed by atoms with van der Waals surface area (Å²) in [5.74, 6) is 0. The highest BCUT2D eigenvalue weighted by Gasteiger charge is 2.36. The second kappa shape index (κ2) is 6.13. The number of hydrogen-bond acceptors (Lipinski definition) is 3. The topological polar surface area (TPSA) is 32.5 Å². The van der Waals surface area contributed by atoms with Crippen molar-refractivity contribution >= 4 is 11.4 Å². The molecule has 3 nitrogen and oxygen atoms in total. The van der Waals surface area contributed by atoms with E-state index in [1.165, 1.54) is 6.07 Å². The van der Waals surface area contributed by atoms with Crippen LogP contribution in [-0.4, -0.2) is 37.6 Å². The third kappa shape index (κ3) is 3.61. The summed E-state index contributed by atoms with van der Waals surface area (Å²) in [5, 5.41) is 0. The molecule has 0 amide bonds. The predicted molar refractivity (Wildman–Crippen MR) is 79.4 cm³/mol. The number of nitrogen functional groups attached to an aromatic ring is 1. The van der Waals surface area contributed by atoms with E-state index in [0.717, 1.165) is 32.0 Å². The van der Waals surface area contributed by atoms with E-state index in [2.05, 4.69) is 4.90 Å². The zero-order valence-corrected chi connectivity index (χ0v) is 12.5. The van der Waals surface area contributed by atoms with Gasteiger partial charge in [0.25, 0.3) is 0 Å². The van der Waals surface area contributed by atoms with Gasteiger partial charge in [-0.3, -0.25) is 0 Å². The molecule has 118 valence electrons. The average Bonchev–Trinajstić information content (AvgIpc) is 2.59. The Morgan fingerprint density at radius 1 is 1.29 bits per heavy atom. The van der Waals surface area contributed by atoms with E-state index < -0.39 is 11.7 Å². The van der Waals surface area contributed by atoms with Crippen molar-refractivity contribution in [2.24, 2.45) is 0 Å². The first-order valence-corrected chi connectivity index (χ1v) is 7.24. The fourth-order valence-electron chi connectivity index (χ4n) is 2.94. The van der Waals surface area contributed by atoms with Gasteiger partial charge in [-0.2, -0.15) is 13.2 Å². The summed E-state index contributed by atoms with van der Waals surface area (Å²) in [7, 11) is 2.01. The molecular weight excluding hydrogens is 279 g/mol. The number of likely N-dealkylation sites (N-methyl/N-ethyl adjacent to an activating group) is 1. The number of rotatable bonds is 2. The lowest BCUT2D eigenvalue weighted by Gasteiger charge is -2.34. The standard InChI is InChI=1S/C15H22F3N3/c1-3-12-10-20(2)7-4-8-21(12)14-6-5-11(19)9-13(14)15(16,17)18/h5-6,9,12H,3-4,7-8,10,19H2,1-2H3. The smallest absolute Gasteiger partial charge is 0.399 e. The maximum atomic E-state index is 13.3. The molecule has 0 aliphatic carbocycles. The molecule has 0 aromatic heterocycles. The van der Waals surface area contributed by atoms with Crippen molar-refractivity contribution in [1.82, 2.24) is 4.90 Å². The van der Waals surface area contributed by atoms with Gasteiger partial charge < -0.3 is 15.5 Å². The third-order valence-corrected chi connectivity index (χ3v) is 4.01. The Morgan fingerprint density at radius 3 is 2.62 bits per heavy atom. The Labute approximate surface area is 123 Å². The summed E-state index contributed by atoms with van der Waals surface area (Å²) >= 11 is 0. The lowest BCUT2D eigenvalue weighted by molar-refractivity contribution is -0.137.